The molecule has 16 heavy (non-hydrogen) atoms. The number of hydrogen-bond acceptors (Lipinski definition) is 2. The molecule has 1 amide bonds. The average molecular weight is 261 g/mol. The highest BCUT2D eigenvalue weighted by atomic mass is 35.5. The number of amides is 1. The van der Waals surface area contributed by atoms with Gasteiger partial charge in [0.25, 0.3) is 0 Å². The molecule has 1 atom stereocenters. The topological polar surface area (TPSA) is 46.3 Å². The number of nitrogens with zero attached hydrogens (tertiary/aromatic N) is 1. The fourth-order valence-corrected chi connectivity index (χ4v) is 1.64. The lowest BCUT2D eigenvalue weighted by molar-refractivity contribution is -0.149. The van der Waals surface area contributed by atoms with Gasteiger partial charge in [0.05, 0.1) is 6.42 Å². The minimum atomic E-state index is -4.26. The Morgan fingerprint density at radius 3 is 2.56 bits per heavy atom. The summed E-state index contributed by atoms with van der Waals surface area (Å²) in [5.74, 6) is -0.442. The maximum absolute atomic E-state index is 11.9. The second kappa shape index (κ2) is 6.30. The molecule has 1 fully saturated rings. The van der Waals surface area contributed by atoms with Crippen molar-refractivity contribution in [3.05, 3.63) is 0 Å². The van der Waals surface area contributed by atoms with Crippen molar-refractivity contribution < 1.29 is 18.0 Å². The standard InChI is InChI=1S/C9H15F3N2O.ClH/c10-9(11,12)4-3-8(15)14-5-1-2-7(13)6-14;/h7H,1-6,13H2;1H. The third-order valence-corrected chi connectivity index (χ3v) is 2.43. The van der Waals surface area contributed by atoms with E-state index in [1.165, 1.54) is 4.90 Å². The van der Waals surface area contributed by atoms with Gasteiger partial charge in [-0.2, -0.15) is 13.2 Å². The highest BCUT2D eigenvalue weighted by Crippen LogP contribution is 2.22. The van der Waals surface area contributed by atoms with Crippen molar-refractivity contribution in [2.24, 2.45) is 5.73 Å². The first kappa shape index (κ1) is 15.5. The normalized spacial score (nSPS) is 21.5. The van der Waals surface area contributed by atoms with Crippen molar-refractivity contribution in [1.29, 1.82) is 0 Å². The molecule has 1 saturated heterocycles. The van der Waals surface area contributed by atoms with Crippen molar-refractivity contribution in [3.63, 3.8) is 0 Å². The molecule has 1 rings (SSSR count). The summed E-state index contributed by atoms with van der Waals surface area (Å²) in [4.78, 5) is 12.8. The van der Waals surface area contributed by atoms with Crippen LogP contribution in [-0.4, -0.2) is 36.1 Å². The lowest BCUT2D eigenvalue weighted by atomic mass is 10.1. The Morgan fingerprint density at radius 1 is 1.44 bits per heavy atom. The molecule has 0 aromatic heterocycles. The maximum Gasteiger partial charge on any atom is 0.389 e. The molecule has 1 unspecified atom stereocenters. The van der Waals surface area contributed by atoms with E-state index >= 15 is 0 Å². The molecule has 0 saturated carbocycles. The largest absolute Gasteiger partial charge is 0.389 e. The van der Waals surface area contributed by atoms with Gasteiger partial charge in [0.1, 0.15) is 0 Å². The molecule has 1 heterocycles. The number of carbonyl (C=O) groups excluding carboxylic acids is 1. The van der Waals surface area contributed by atoms with Crippen LogP contribution in [0.4, 0.5) is 13.2 Å². The summed E-state index contributed by atoms with van der Waals surface area (Å²) >= 11 is 0. The van der Waals surface area contributed by atoms with Crippen molar-refractivity contribution >= 4 is 18.3 Å². The summed E-state index contributed by atoms with van der Waals surface area (Å²) < 4.78 is 35.6. The van der Waals surface area contributed by atoms with Crippen molar-refractivity contribution in [1.82, 2.24) is 4.90 Å². The zero-order chi connectivity index (χ0) is 11.5. The number of nitrogens with two attached hydrogens (primary N) is 1. The summed E-state index contributed by atoms with van der Waals surface area (Å²) in [6, 6.07) is -0.0893. The fraction of sp³-hybridized carbons (Fsp3) is 0.889. The summed E-state index contributed by atoms with van der Waals surface area (Å²) in [5, 5.41) is 0. The number of halogens is 4. The molecular weight excluding hydrogens is 245 g/mol. The maximum atomic E-state index is 11.9. The van der Waals surface area contributed by atoms with Crippen LogP contribution in [0.15, 0.2) is 0 Å². The molecule has 0 radical (unpaired) electrons. The van der Waals surface area contributed by atoms with Gasteiger partial charge in [-0.25, -0.2) is 0 Å². The van der Waals surface area contributed by atoms with Gasteiger partial charge in [0.15, 0.2) is 0 Å². The minimum Gasteiger partial charge on any atom is -0.341 e. The summed E-state index contributed by atoms with van der Waals surface area (Å²) in [6.45, 7) is 0.918. The van der Waals surface area contributed by atoms with Gasteiger partial charge in [0, 0.05) is 25.6 Å². The van der Waals surface area contributed by atoms with Gasteiger partial charge in [-0.05, 0) is 12.8 Å². The molecule has 7 heteroatoms. The van der Waals surface area contributed by atoms with E-state index in [9.17, 15) is 18.0 Å². The Balaban J connectivity index is 0.00000225. The minimum absolute atomic E-state index is 0. The van der Waals surface area contributed by atoms with Crippen LogP contribution in [0.1, 0.15) is 25.7 Å². The van der Waals surface area contributed by atoms with Crippen LogP contribution < -0.4 is 5.73 Å². The molecule has 2 N–H and O–H groups in total. The van der Waals surface area contributed by atoms with Crippen LogP contribution in [0.25, 0.3) is 0 Å². The van der Waals surface area contributed by atoms with E-state index in [1.54, 1.807) is 0 Å². The van der Waals surface area contributed by atoms with E-state index in [-0.39, 0.29) is 18.4 Å². The van der Waals surface area contributed by atoms with Crippen LogP contribution in [0, 0.1) is 0 Å². The third kappa shape index (κ3) is 5.55. The molecule has 1 aliphatic rings. The first-order valence-electron chi connectivity index (χ1n) is 4.98. The van der Waals surface area contributed by atoms with E-state index < -0.39 is 24.9 Å². The third-order valence-electron chi connectivity index (χ3n) is 2.43. The van der Waals surface area contributed by atoms with Crippen molar-refractivity contribution in [3.8, 4) is 0 Å². The smallest absolute Gasteiger partial charge is 0.341 e. The highest BCUT2D eigenvalue weighted by molar-refractivity contribution is 5.85. The monoisotopic (exact) mass is 260 g/mol. The van der Waals surface area contributed by atoms with E-state index in [0.717, 1.165) is 12.8 Å². The van der Waals surface area contributed by atoms with Gasteiger partial charge >= 0.3 is 6.18 Å². The second-order valence-electron chi connectivity index (χ2n) is 3.86. The summed E-state index contributed by atoms with van der Waals surface area (Å²) in [7, 11) is 0. The predicted molar refractivity (Wildman–Crippen MR) is 56.3 cm³/mol. The molecule has 1 aliphatic heterocycles. The number of piperidine rings is 1. The highest BCUT2D eigenvalue weighted by Gasteiger charge is 2.30. The van der Waals surface area contributed by atoms with Gasteiger partial charge in [-0.1, -0.05) is 0 Å². The van der Waals surface area contributed by atoms with Crippen molar-refractivity contribution in [2.45, 2.75) is 37.9 Å². The van der Waals surface area contributed by atoms with E-state index in [2.05, 4.69) is 0 Å². The average Bonchev–Trinajstić information content (AvgIpc) is 2.13. The molecule has 96 valence electrons. The molecule has 0 aromatic rings. The fourth-order valence-electron chi connectivity index (χ4n) is 1.64. The van der Waals surface area contributed by atoms with E-state index in [1.807, 2.05) is 0 Å². The van der Waals surface area contributed by atoms with Crippen molar-refractivity contribution in [2.75, 3.05) is 13.1 Å². The Labute approximate surface area is 98.6 Å². The van der Waals surface area contributed by atoms with Gasteiger partial charge in [0.2, 0.25) is 5.91 Å². The van der Waals surface area contributed by atoms with Gasteiger partial charge in [-0.3, -0.25) is 4.79 Å². The summed E-state index contributed by atoms with van der Waals surface area (Å²) in [6.07, 6.45) is -4.15. The first-order valence-corrected chi connectivity index (χ1v) is 4.98. The Morgan fingerprint density at radius 2 is 2.06 bits per heavy atom. The summed E-state index contributed by atoms with van der Waals surface area (Å²) in [5.41, 5.74) is 5.63. The molecular formula is C9H16ClF3N2O. The van der Waals surface area contributed by atoms with Crippen LogP contribution in [-0.2, 0) is 4.79 Å². The number of alkyl halides is 3. The molecule has 0 bridgehead atoms. The number of hydrogen-bond donors (Lipinski definition) is 1. The lowest BCUT2D eigenvalue weighted by Crippen LogP contribution is -2.45. The predicted octanol–water partition coefficient (Wildman–Crippen LogP) is 1.70. The zero-order valence-electron chi connectivity index (χ0n) is 8.79. The number of likely N-dealkylation sites (tertiary alicyclic amines) is 1. The Hall–Kier alpha value is -0.490. The molecule has 3 nitrogen and oxygen atoms in total. The Bertz CT molecular complexity index is 235. The van der Waals surface area contributed by atoms with Crippen LogP contribution in [0.5, 0.6) is 0 Å². The molecule has 0 spiro atoms. The quantitative estimate of drug-likeness (QED) is 0.821. The van der Waals surface area contributed by atoms with Gasteiger partial charge < -0.3 is 10.6 Å². The zero-order valence-corrected chi connectivity index (χ0v) is 9.61. The number of carbonyl (C=O) groups is 1. The Kier molecular flexibility index (Phi) is 6.10. The first-order chi connectivity index (χ1) is 6.88. The number of rotatable bonds is 2. The van der Waals surface area contributed by atoms with E-state index in [4.69, 9.17) is 5.73 Å². The SMILES string of the molecule is Cl.NC1CCCN(C(=O)CCC(F)(F)F)C1. The van der Waals surface area contributed by atoms with Crippen LogP contribution in [0.3, 0.4) is 0 Å². The molecule has 0 aromatic carbocycles. The second-order valence-corrected chi connectivity index (χ2v) is 3.86. The van der Waals surface area contributed by atoms with Crippen LogP contribution >= 0.6 is 12.4 Å². The molecule has 0 aliphatic carbocycles. The lowest BCUT2D eigenvalue weighted by Gasteiger charge is -2.30. The van der Waals surface area contributed by atoms with Gasteiger partial charge in [-0.15, -0.1) is 12.4 Å². The van der Waals surface area contributed by atoms with Crippen LogP contribution in [0.2, 0.25) is 0 Å². The van der Waals surface area contributed by atoms with E-state index in [0.29, 0.717) is 13.1 Å².